The zero-order valence-corrected chi connectivity index (χ0v) is 16.8. The van der Waals surface area contributed by atoms with Gasteiger partial charge in [-0.25, -0.2) is 9.97 Å². The van der Waals surface area contributed by atoms with Crippen LogP contribution in [0.25, 0.3) is 10.9 Å². The first kappa shape index (κ1) is 19.7. The second-order valence-electron chi connectivity index (χ2n) is 7.58. The summed E-state index contributed by atoms with van der Waals surface area (Å²) in [5.41, 5.74) is 2.29. The van der Waals surface area contributed by atoms with Gasteiger partial charge >= 0.3 is 0 Å². The van der Waals surface area contributed by atoms with Crippen LogP contribution in [0.5, 0.6) is 0 Å². The number of hydrogen-bond donors (Lipinski definition) is 1. The molecule has 3 rings (SSSR count). The molecule has 0 bridgehead atoms. The van der Waals surface area contributed by atoms with Gasteiger partial charge in [-0.05, 0) is 52.0 Å². The third-order valence-electron chi connectivity index (χ3n) is 5.38. The van der Waals surface area contributed by atoms with Crippen LogP contribution in [0.15, 0.2) is 18.2 Å². The van der Waals surface area contributed by atoms with Crippen molar-refractivity contribution in [2.45, 2.75) is 77.9 Å². The number of hydrogen-bond acceptors (Lipinski definition) is 4. The SMILES string of the molecule is CCCCCOC1CCC(NC(=O)c2cccc3c(C)nc(C)nc23)CC1. The maximum Gasteiger partial charge on any atom is 0.253 e. The highest BCUT2D eigenvalue weighted by atomic mass is 16.5. The van der Waals surface area contributed by atoms with Crippen LogP contribution in [0.4, 0.5) is 0 Å². The second-order valence-corrected chi connectivity index (χ2v) is 7.58. The van der Waals surface area contributed by atoms with Gasteiger partial charge in [-0.15, -0.1) is 0 Å². The van der Waals surface area contributed by atoms with E-state index in [2.05, 4.69) is 22.2 Å². The van der Waals surface area contributed by atoms with Crippen LogP contribution >= 0.6 is 0 Å². The molecule has 1 saturated carbocycles. The lowest BCUT2D eigenvalue weighted by Crippen LogP contribution is -2.39. The minimum atomic E-state index is -0.0367. The molecule has 146 valence electrons. The summed E-state index contributed by atoms with van der Waals surface area (Å²) in [6, 6.07) is 5.95. The lowest BCUT2D eigenvalue weighted by atomic mass is 9.92. The third-order valence-corrected chi connectivity index (χ3v) is 5.38. The first-order chi connectivity index (χ1) is 13.1. The average molecular weight is 370 g/mol. The summed E-state index contributed by atoms with van der Waals surface area (Å²) < 4.78 is 5.98. The van der Waals surface area contributed by atoms with Gasteiger partial charge in [0.05, 0.1) is 17.2 Å². The van der Waals surface area contributed by atoms with Gasteiger partial charge in [0.2, 0.25) is 0 Å². The molecule has 1 heterocycles. The van der Waals surface area contributed by atoms with E-state index in [9.17, 15) is 4.79 Å². The Morgan fingerprint density at radius 2 is 1.93 bits per heavy atom. The quantitative estimate of drug-likeness (QED) is 0.730. The number of amides is 1. The standard InChI is InChI=1S/C22H31N3O2/c1-4-5-6-14-27-18-12-10-17(11-13-18)25-22(26)20-9-7-8-19-15(2)23-16(3)24-21(19)20/h7-9,17-18H,4-6,10-14H2,1-3H3,(H,25,26). The van der Waals surface area contributed by atoms with Crippen LogP contribution in [-0.2, 0) is 4.74 Å². The number of aromatic nitrogens is 2. The maximum atomic E-state index is 12.9. The van der Waals surface area contributed by atoms with E-state index in [0.717, 1.165) is 55.3 Å². The van der Waals surface area contributed by atoms with Crippen molar-refractivity contribution in [1.82, 2.24) is 15.3 Å². The van der Waals surface area contributed by atoms with Gasteiger partial charge in [-0.1, -0.05) is 31.9 Å². The smallest absolute Gasteiger partial charge is 0.253 e. The van der Waals surface area contributed by atoms with Crippen LogP contribution in [0.2, 0.25) is 0 Å². The van der Waals surface area contributed by atoms with E-state index in [1.165, 1.54) is 12.8 Å². The number of unbranched alkanes of at least 4 members (excludes halogenated alkanes) is 2. The normalized spacial score (nSPS) is 20.0. The largest absolute Gasteiger partial charge is 0.378 e. The van der Waals surface area contributed by atoms with Crippen LogP contribution in [0.3, 0.4) is 0 Å². The highest BCUT2D eigenvalue weighted by molar-refractivity contribution is 6.06. The molecule has 27 heavy (non-hydrogen) atoms. The van der Waals surface area contributed by atoms with Crippen molar-refractivity contribution in [1.29, 1.82) is 0 Å². The molecule has 0 aliphatic heterocycles. The zero-order valence-electron chi connectivity index (χ0n) is 16.8. The molecule has 0 spiro atoms. The number of benzene rings is 1. The third kappa shape index (κ3) is 5.04. The molecule has 1 aliphatic rings. The molecule has 0 radical (unpaired) electrons. The van der Waals surface area contributed by atoms with Gasteiger partial charge in [0.25, 0.3) is 5.91 Å². The summed E-state index contributed by atoms with van der Waals surface area (Å²) in [5, 5.41) is 4.15. The number of fused-ring (bicyclic) bond motifs is 1. The number of nitrogens with zero attached hydrogens (tertiary/aromatic N) is 2. The van der Waals surface area contributed by atoms with Gasteiger partial charge < -0.3 is 10.1 Å². The number of aryl methyl sites for hydroxylation is 2. The van der Waals surface area contributed by atoms with Crippen molar-refractivity contribution in [3.05, 3.63) is 35.3 Å². The highest BCUT2D eigenvalue weighted by Crippen LogP contribution is 2.23. The summed E-state index contributed by atoms with van der Waals surface area (Å²) in [6.07, 6.45) is 7.95. The molecule has 5 nitrogen and oxygen atoms in total. The van der Waals surface area contributed by atoms with Crippen molar-refractivity contribution in [2.75, 3.05) is 6.61 Å². The summed E-state index contributed by atoms with van der Waals surface area (Å²) in [6.45, 7) is 6.89. The number of carbonyl (C=O) groups is 1. The zero-order chi connectivity index (χ0) is 19.2. The van der Waals surface area contributed by atoms with Gasteiger partial charge in [0.1, 0.15) is 5.82 Å². The van der Waals surface area contributed by atoms with Crippen molar-refractivity contribution < 1.29 is 9.53 Å². The predicted molar refractivity (Wildman–Crippen MR) is 108 cm³/mol. The van der Waals surface area contributed by atoms with E-state index in [-0.39, 0.29) is 11.9 Å². The fourth-order valence-electron chi connectivity index (χ4n) is 3.87. The average Bonchev–Trinajstić information content (AvgIpc) is 2.66. The lowest BCUT2D eigenvalue weighted by Gasteiger charge is -2.29. The van der Waals surface area contributed by atoms with Gasteiger partial charge in [-0.3, -0.25) is 4.79 Å². The fraction of sp³-hybridized carbons (Fsp3) is 0.591. The van der Waals surface area contributed by atoms with E-state index >= 15 is 0 Å². The monoisotopic (exact) mass is 369 g/mol. The van der Waals surface area contributed by atoms with Crippen LogP contribution < -0.4 is 5.32 Å². The number of ether oxygens (including phenoxy) is 1. The summed E-state index contributed by atoms with van der Waals surface area (Å²) >= 11 is 0. The number of carbonyl (C=O) groups excluding carboxylic acids is 1. The molecule has 1 aromatic carbocycles. The minimum absolute atomic E-state index is 0.0367. The number of para-hydroxylation sites is 1. The number of rotatable bonds is 7. The van der Waals surface area contributed by atoms with E-state index in [0.29, 0.717) is 17.5 Å². The van der Waals surface area contributed by atoms with Crippen molar-refractivity contribution in [3.8, 4) is 0 Å². The Balaban J connectivity index is 1.58. The maximum absolute atomic E-state index is 12.9. The molecular formula is C22H31N3O2. The molecule has 0 unspecified atom stereocenters. The Kier molecular flexibility index (Phi) is 6.78. The Labute approximate surface area is 161 Å². The number of nitrogens with one attached hydrogen (secondary N) is 1. The molecular weight excluding hydrogens is 338 g/mol. The molecule has 1 fully saturated rings. The molecule has 1 N–H and O–H groups in total. The van der Waals surface area contributed by atoms with Crippen molar-refractivity contribution >= 4 is 16.8 Å². The molecule has 0 saturated heterocycles. The van der Waals surface area contributed by atoms with Crippen LogP contribution in [-0.4, -0.2) is 34.6 Å². The van der Waals surface area contributed by atoms with E-state index in [1.54, 1.807) is 0 Å². The van der Waals surface area contributed by atoms with E-state index < -0.39 is 0 Å². The first-order valence-corrected chi connectivity index (χ1v) is 10.2. The minimum Gasteiger partial charge on any atom is -0.378 e. The van der Waals surface area contributed by atoms with Gasteiger partial charge in [0, 0.05) is 23.7 Å². The summed E-state index contributed by atoms with van der Waals surface area (Å²) in [4.78, 5) is 21.8. The molecule has 0 atom stereocenters. The highest BCUT2D eigenvalue weighted by Gasteiger charge is 2.24. The molecule has 1 amide bonds. The van der Waals surface area contributed by atoms with Crippen LogP contribution in [0.1, 0.15) is 73.7 Å². The Morgan fingerprint density at radius 3 is 2.67 bits per heavy atom. The summed E-state index contributed by atoms with van der Waals surface area (Å²) in [5.74, 6) is 0.659. The lowest BCUT2D eigenvalue weighted by molar-refractivity contribution is 0.0205. The van der Waals surface area contributed by atoms with Gasteiger partial charge in [0.15, 0.2) is 0 Å². The molecule has 2 aromatic rings. The van der Waals surface area contributed by atoms with Crippen molar-refractivity contribution in [2.24, 2.45) is 0 Å². The Hall–Kier alpha value is -2.01. The molecule has 1 aromatic heterocycles. The second kappa shape index (κ2) is 9.27. The van der Waals surface area contributed by atoms with Gasteiger partial charge in [-0.2, -0.15) is 0 Å². The first-order valence-electron chi connectivity index (χ1n) is 10.2. The Bertz CT molecular complexity index is 782. The van der Waals surface area contributed by atoms with Crippen LogP contribution in [0, 0.1) is 13.8 Å². The molecule has 1 aliphatic carbocycles. The summed E-state index contributed by atoms with van der Waals surface area (Å²) in [7, 11) is 0. The molecule has 5 heteroatoms. The van der Waals surface area contributed by atoms with Crippen molar-refractivity contribution in [3.63, 3.8) is 0 Å². The van der Waals surface area contributed by atoms with E-state index in [4.69, 9.17) is 4.74 Å². The fourth-order valence-corrected chi connectivity index (χ4v) is 3.87. The Morgan fingerprint density at radius 1 is 1.15 bits per heavy atom. The van der Waals surface area contributed by atoms with E-state index in [1.807, 2.05) is 32.0 Å². The topological polar surface area (TPSA) is 64.1 Å². The predicted octanol–water partition coefficient (Wildman–Crippen LogP) is 4.49.